The second-order valence-corrected chi connectivity index (χ2v) is 7.65. The zero-order valence-electron chi connectivity index (χ0n) is 15.5. The molecule has 1 N–H and O–H groups in total. The van der Waals surface area contributed by atoms with Crippen molar-refractivity contribution in [2.45, 2.75) is 71.0 Å². The number of hydrogen-bond acceptors (Lipinski definition) is 4. The first-order valence-electron chi connectivity index (χ1n) is 9.63. The number of benzene rings is 1. The molecule has 1 fully saturated rings. The molecule has 0 amide bonds. The van der Waals surface area contributed by atoms with E-state index in [-0.39, 0.29) is 0 Å². The third-order valence-corrected chi connectivity index (χ3v) is 5.52. The summed E-state index contributed by atoms with van der Waals surface area (Å²) < 4.78 is 0. The van der Waals surface area contributed by atoms with Crippen molar-refractivity contribution in [2.75, 3.05) is 10.2 Å². The fourth-order valence-corrected chi connectivity index (χ4v) is 3.56. The van der Waals surface area contributed by atoms with Gasteiger partial charge < -0.3 is 10.2 Å². The Hall–Kier alpha value is -2.10. The summed E-state index contributed by atoms with van der Waals surface area (Å²) in [6.45, 7) is 7.61. The summed E-state index contributed by atoms with van der Waals surface area (Å²) in [5.41, 5.74) is 4.10. The lowest BCUT2D eigenvalue weighted by molar-refractivity contribution is 0.585. The van der Waals surface area contributed by atoms with Gasteiger partial charge in [0.25, 0.3) is 0 Å². The standard InChI is InChI=1S/C21H28N4/c1-4-14(2)22-21-23-19(16-9-10-16)12-20(24-21)25-13-18-8-6-5-7-17(18)11-15(25)3/h5-8,12,14-16H,4,9-11,13H2,1-3H3,(H,22,23,24)/t14-,15-/m1/s1. The first-order chi connectivity index (χ1) is 12.1. The van der Waals surface area contributed by atoms with Crippen LogP contribution in [0.5, 0.6) is 0 Å². The van der Waals surface area contributed by atoms with Crippen LogP contribution in [0.2, 0.25) is 0 Å². The van der Waals surface area contributed by atoms with Crippen LogP contribution in [0.3, 0.4) is 0 Å². The molecule has 1 aliphatic heterocycles. The summed E-state index contributed by atoms with van der Waals surface area (Å²) in [6, 6.07) is 11.9. The molecule has 1 aliphatic carbocycles. The Labute approximate surface area is 150 Å². The Morgan fingerprint density at radius 1 is 1.20 bits per heavy atom. The van der Waals surface area contributed by atoms with E-state index in [1.165, 1.54) is 29.7 Å². The zero-order valence-corrected chi connectivity index (χ0v) is 15.5. The highest BCUT2D eigenvalue weighted by Crippen LogP contribution is 2.41. The average molecular weight is 336 g/mol. The molecule has 0 unspecified atom stereocenters. The van der Waals surface area contributed by atoms with Crippen LogP contribution in [0.1, 0.15) is 62.8 Å². The third-order valence-electron chi connectivity index (χ3n) is 5.52. The Balaban J connectivity index is 1.66. The van der Waals surface area contributed by atoms with E-state index in [0.717, 1.165) is 31.2 Å². The van der Waals surface area contributed by atoms with Crippen LogP contribution in [-0.2, 0) is 13.0 Å². The lowest BCUT2D eigenvalue weighted by atomic mass is 9.95. The number of nitrogens with zero attached hydrogens (tertiary/aromatic N) is 3. The largest absolute Gasteiger partial charge is 0.352 e. The van der Waals surface area contributed by atoms with Crippen molar-refractivity contribution in [3.63, 3.8) is 0 Å². The van der Waals surface area contributed by atoms with Crippen molar-refractivity contribution in [1.82, 2.24) is 9.97 Å². The first kappa shape index (κ1) is 16.4. The topological polar surface area (TPSA) is 41.1 Å². The molecule has 2 atom stereocenters. The molecule has 0 radical (unpaired) electrons. The minimum atomic E-state index is 0.391. The van der Waals surface area contributed by atoms with Gasteiger partial charge in [0, 0.05) is 30.6 Å². The molecule has 25 heavy (non-hydrogen) atoms. The van der Waals surface area contributed by atoms with Gasteiger partial charge in [-0.15, -0.1) is 0 Å². The predicted octanol–water partition coefficient (Wildman–Crippen LogP) is 4.52. The van der Waals surface area contributed by atoms with Crippen LogP contribution in [0.25, 0.3) is 0 Å². The van der Waals surface area contributed by atoms with Gasteiger partial charge in [-0.05, 0) is 50.7 Å². The summed E-state index contributed by atoms with van der Waals surface area (Å²) in [6.07, 6.45) is 4.67. The van der Waals surface area contributed by atoms with E-state index in [2.05, 4.69) is 61.3 Å². The third kappa shape index (κ3) is 3.48. The van der Waals surface area contributed by atoms with Crippen molar-refractivity contribution in [3.05, 3.63) is 47.2 Å². The zero-order chi connectivity index (χ0) is 17.4. The lowest BCUT2D eigenvalue weighted by Crippen LogP contribution is -2.39. The molecule has 2 aliphatic rings. The molecule has 4 heteroatoms. The van der Waals surface area contributed by atoms with Crippen molar-refractivity contribution in [3.8, 4) is 0 Å². The van der Waals surface area contributed by atoms with E-state index in [1.54, 1.807) is 0 Å². The fourth-order valence-electron chi connectivity index (χ4n) is 3.56. The molecular formula is C21H28N4. The number of rotatable bonds is 5. The fraction of sp³-hybridized carbons (Fsp3) is 0.524. The highest BCUT2D eigenvalue weighted by Gasteiger charge is 2.29. The average Bonchev–Trinajstić information content (AvgIpc) is 3.46. The van der Waals surface area contributed by atoms with Crippen LogP contribution in [-0.4, -0.2) is 22.1 Å². The van der Waals surface area contributed by atoms with Crippen molar-refractivity contribution >= 4 is 11.8 Å². The van der Waals surface area contributed by atoms with Crippen LogP contribution < -0.4 is 10.2 Å². The molecule has 1 aromatic heterocycles. The maximum Gasteiger partial charge on any atom is 0.225 e. The smallest absolute Gasteiger partial charge is 0.225 e. The van der Waals surface area contributed by atoms with Gasteiger partial charge in [0.1, 0.15) is 5.82 Å². The SMILES string of the molecule is CC[C@@H](C)Nc1nc(C2CC2)cc(N2Cc3ccccc3C[C@H]2C)n1. The van der Waals surface area contributed by atoms with Gasteiger partial charge in [0.05, 0.1) is 5.69 Å². The number of fused-ring (bicyclic) bond motifs is 1. The molecule has 4 nitrogen and oxygen atoms in total. The van der Waals surface area contributed by atoms with Gasteiger partial charge >= 0.3 is 0 Å². The van der Waals surface area contributed by atoms with E-state index < -0.39 is 0 Å². The van der Waals surface area contributed by atoms with Gasteiger partial charge in [0.15, 0.2) is 0 Å². The quantitative estimate of drug-likeness (QED) is 0.872. The highest BCUT2D eigenvalue weighted by molar-refractivity contribution is 5.50. The summed E-state index contributed by atoms with van der Waals surface area (Å²) in [4.78, 5) is 12.1. The van der Waals surface area contributed by atoms with E-state index in [9.17, 15) is 0 Å². The number of nitrogens with one attached hydrogen (secondary N) is 1. The molecule has 1 saturated carbocycles. The highest BCUT2D eigenvalue weighted by atomic mass is 15.3. The predicted molar refractivity (Wildman–Crippen MR) is 103 cm³/mol. The van der Waals surface area contributed by atoms with Gasteiger partial charge in [-0.25, -0.2) is 4.98 Å². The summed E-state index contributed by atoms with van der Waals surface area (Å²) in [5.74, 6) is 2.50. The Bertz CT molecular complexity index is 753. The molecular weight excluding hydrogens is 308 g/mol. The molecule has 0 spiro atoms. The molecule has 0 bridgehead atoms. The molecule has 2 aromatic rings. The maximum absolute atomic E-state index is 4.88. The summed E-state index contributed by atoms with van der Waals surface area (Å²) in [7, 11) is 0. The summed E-state index contributed by atoms with van der Waals surface area (Å²) in [5, 5.41) is 3.48. The van der Waals surface area contributed by atoms with E-state index in [4.69, 9.17) is 9.97 Å². The molecule has 2 heterocycles. The van der Waals surface area contributed by atoms with Gasteiger partial charge in [-0.1, -0.05) is 31.2 Å². The first-order valence-corrected chi connectivity index (χ1v) is 9.63. The Morgan fingerprint density at radius 3 is 2.68 bits per heavy atom. The second kappa shape index (κ2) is 6.66. The van der Waals surface area contributed by atoms with E-state index in [1.807, 2.05) is 0 Å². The molecule has 132 valence electrons. The van der Waals surface area contributed by atoms with Gasteiger partial charge in [-0.3, -0.25) is 0 Å². The molecule has 1 aromatic carbocycles. The monoisotopic (exact) mass is 336 g/mol. The number of hydrogen-bond donors (Lipinski definition) is 1. The number of aromatic nitrogens is 2. The lowest BCUT2D eigenvalue weighted by Gasteiger charge is -2.36. The van der Waals surface area contributed by atoms with Gasteiger partial charge in [-0.2, -0.15) is 4.98 Å². The van der Waals surface area contributed by atoms with E-state index in [0.29, 0.717) is 18.0 Å². The normalized spacial score (nSPS) is 20.9. The Morgan fingerprint density at radius 2 is 1.96 bits per heavy atom. The van der Waals surface area contributed by atoms with E-state index >= 15 is 0 Å². The van der Waals surface area contributed by atoms with Crippen LogP contribution in [0, 0.1) is 0 Å². The maximum atomic E-state index is 4.88. The van der Waals surface area contributed by atoms with Crippen LogP contribution >= 0.6 is 0 Å². The van der Waals surface area contributed by atoms with Crippen molar-refractivity contribution in [2.24, 2.45) is 0 Å². The van der Waals surface area contributed by atoms with Crippen molar-refractivity contribution in [1.29, 1.82) is 0 Å². The minimum absolute atomic E-state index is 0.391. The summed E-state index contributed by atoms with van der Waals surface area (Å²) >= 11 is 0. The number of anilines is 2. The van der Waals surface area contributed by atoms with Crippen LogP contribution in [0.15, 0.2) is 30.3 Å². The van der Waals surface area contributed by atoms with Gasteiger partial charge in [0.2, 0.25) is 5.95 Å². The second-order valence-electron chi connectivity index (χ2n) is 7.65. The minimum Gasteiger partial charge on any atom is -0.352 e. The Kier molecular flexibility index (Phi) is 4.36. The van der Waals surface area contributed by atoms with Crippen LogP contribution in [0.4, 0.5) is 11.8 Å². The molecule has 4 rings (SSSR count). The van der Waals surface area contributed by atoms with Crippen molar-refractivity contribution < 1.29 is 0 Å². The molecule has 0 saturated heterocycles.